The zero-order valence-electron chi connectivity index (χ0n) is 25.2. The number of fused-ring (bicyclic) bond motifs is 1. The molecule has 0 spiro atoms. The van der Waals surface area contributed by atoms with E-state index in [1.807, 2.05) is 30.1 Å². The Morgan fingerprint density at radius 1 is 1.14 bits per heavy atom. The molecule has 0 radical (unpaired) electrons. The summed E-state index contributed by atoms with van der Waals surface area (Å²) in [6, 6.07) is 5.96. The fourth-order valence-electron chi connectivity index (χ4n) is 6.34. The highest BCUT2D eigenvalue weighted by Crippen LogP contribution is 2.40. The van der Waals surface area contributed by atoms with Crippen molar-refractivity contribution in [3.8, 4) is 16.3 Å². The topological polar surface area (TPSA) is 120 Å². The van der Waals surface area contributed by atoms with Crippen LogP contribution in [0.3, 0.4) is 0 Å². The fraction of sp³-hybridized carbons (Fsp3) is 0.533. The Balaban J connectivity index is 1.20. The molecular weight excluding hydrogens is 566 g/mol. The van der Waals surface area contributed by atoms with Gasteiger partial charge in [0.25, 0.3) is 0 Å². The molecule has 6 rings (SSSR count). The van der Waals surface area contributed by atoms with Crippen molar-refractivity contribution in [2.75, 3.05) is 55.5 Å². The van der Waals surface area contributed by atoms with Gasteiger partial charge in [-0.05, 0) is 37.5 Å². The summed E-state index contributed by atoms with van der Waals surface area (Å²) in [6.45, 7) is 7.55. The molecule has 1 unspecified atom stereocenters. The van der Waals surface area contributed by atoms with Crippen LogP contribution in [0.5, 0.6) is 5.75 Å². The Bertz CT molecular complexity index is 1480. The number of ether oxygens (including phenoxy) is 1. The molecule has 1 atom stereocenters. The predicted octanol–water partition coefficient (Wildman–Crippen LogP) is 3.92. The van der Waals surface area contributed by atoms with E-state index in [-0.39, 0.29) is 17.9 Å². The minimum Gasteiger partial charge on any atom is -0.495 e. The first-order valence-electron chi connectivity index (χ1n) is 15.0. The van der Waals surface area contributed by atoms with E-state index in [9.17, 15) is 9.59 Å². The summed E-state index contributed by atoms with van der Waals surface area (Å²) in [7, 11) is 3.44. The Labute approximate surface area is 256 Å². The normalized spacial score (nSPS) is 19.6. The summed E-state index contributed by atoms with van der Waals surface area (Å²) in [6.07, 6.45) is 6.94. The number of benzene rings is 1. The molecule has 43 heavy (non-hydrogen) atoms. The van der Waals surface area contributed by atoms with E-state index in [1.54, 1.807) is 36.5 Å². The first kappa shape index (κ1) is 29.2. The molecule has 4 heterocycles. The van der Waals surface area contributed by atoms with Crippen molar-refractivity contribution in [3.63, 3.8) is 0 Å². The van der Waals surface area contributed by atoms with Crippen molar-refractivity contribution in [1.29, 1.82) is 0 Å². The number of hydrogen-bond acceptors (Lipinski definition) is 11. The third kappa shape index (κ3) is 5.87. The molecule has 1 saturated carbocycles. The van der Waals surface area contributed by atoms with Crippen LogP contribution in [-0.4, -0.2) is 94.2 Å². The zero-order valence-corrected chi connectivity index (χ0v) is 26.1. The lowest BCUT2D eigenvalue weighted by Crippen LogP contribution is -2.55. The van der Waals surface area contributed by atoms with Gasteiger partial charge in [0.15, 0.2) is 5.82 Å². The molecule has 2 fully saturated rings. The van der Waals surface area contributed by atoms with Gasteiger partial charge in [0, 0.05) is 51.8 Å². The summed E-state index contributed by atoms with van der Waals surface area (Å²) in [5, 5.41) is 14.0. The number of hydrogen-bond donors (Lipinski definition) is 1. The van der Waals surface area contributed by atoms with Crippen LogP contribution in [0.25, 0.3) is 10.6 Å². The highest BCUT2D eigenvalue weighted by molar-refractivity contribution is 7.14. The first-order valence-corrected chi connectivity index (χ1v) is 15.9. The maximum atomic E-state index is 13.2. The molecule has 2 aromatic heterocycles. The standard InChI is InChI=1S/C30H39N9O3S/c1-5-23-29(41)36(3)24-17-31-30(33-27(24)39(23)21-8-6-7-9-21)32-22-11-10-20(16-25(22)42-4)28-35-34-26(43-28)18-37-12-14-38(15-13-37)19(2)40/h10-11,16-17,21,23H,5-9,12-15,18H2,1-4H3,(H,31,32,33). The minimum atomic E-state index is -0.223. The van der Waals surface area contributed by atoms with Crippen molar-refractivity contribution < 1.29 is 14.3 Å². The first-order chi connectivity index (χ1) is 20.9. The Morgan fingerprint density at radius 2 is 1.91 bits per heavy atom. The molecule has 2 aliphatic heterocycles. The van der Waals surface area contributed by atoms with Gasteiger partial charge in [-0.15, -0.1) is 10.2 Å². The summed E-state index contributed by atoms with van der Waals surface area (Å²) >= 11 is 1.56. The summed E-state index contributed by atoms with van der Waals surface area (Å²) < 4.78 is 5.75. The fourth-order valence-corrected chi connectivity index (χ4v) is 7.22. The maximum Gasteiger partial charge on any atom is 0.249 e. The lowest BCUT2D eigenvalue weighted by atomic mass is 10.0. The number of piperazine rings is 1. The van der Waals surface area contributed by atoms with Crippen molar-refractivity contribution in [2.24, 2.45) is 0 Å². The van der Waals surface area contributed by atoms with E-state index in [0.29, 0.717) is 24.3 Å². The van der Waals surface area contributed by atoms with Crippen LogP contribution < -0.4 is 19.9 Å². The maximum absolute atomic E-state index is 13.2. The number of amides is 2. The van der Waals surface area contributed by atoms with Gasteiger partial charge in [-0.3, -0.25) is 14.5 Å². The Hall–Kier alpha value is -3.84. The van der Waals surface area contributed by atoms with E-state index in [1.165, 1.54) is 12.8 Å². The van der Waals surface area contributed by atoms with Gasteiger partial charge in [0.05, 0.1) is 25.5 Å². The van der Waals surface area contributed by atoms with Crippen molar-refractivity contribution in [2.45, 2.75) is 64.6 Å². The van der Waals surface area contributed by atoms with E-state index in [2.05, 4.69) is 37.2 Å². The van der Waals surface area contributed by atoms with Crippen molar-refractivity contribution in [3.05, 3.63) is 29.4 Å². The summed E-state index contributed by atoms with van der Waals surface area (Å²) in [5.41, 5.74) is 2.39. The lowest BCUT2D eigenvalue weighted by molar-refractivity contribution is -0.130. The van der Waals surface area contributed by atoms with Gasteiger partial charge in [0.2, 0.25) is 17.8 Å². The number of rotatable bonds is 8. The molecule has 2 amide bonds. The van der Waals surface area contributed by atoms with Crippen LogP contribution in [0.1, 0.15) is 51.0 Å². The number of nitrogens with zero attached hydrogens (tertiary/aromatic N) is 8. The lowest BCUT2D eigenvalue weighted by Gasteiger charge is -2.43. The third-order valence-corrected chi connectivity index (χ3v) is 9.71. The molecular formula is C30H39N9O3S. The zero-order chi connectivity index (χ0) is 30.1. The van der Waals surface area contributed by atoms with Crippen LogP contribution in [-0.2, 0) is 16.1 Å². The van der Waals surface area contributed by atoms with Gasteiger partial charge >= 0.3 is 0 Å². The van der Waals surface area contributed by atoms with Crippen LogP contribution >= 0.6 is 11.3 Å². The molecule has 3 aliphatic rings. The van der Waals surface area contributed by atoms with Crippen LogP contribution in [0.15, 0.2) is 24.4 Å². The SMILES string of the molecule is CCC1C(=O)N(C)c2cnc(Nc3ccc(-c4nnc(CN5CCN(C(C)=O)CC5)s4)cc3OC)nc2N1C1CCCC1. The highest BCUT2D eigenvalue weighted by atomic mass is 32.1. The second-order valence-corrected chi connectivity index (χ2v) is 12.5. The Kier molecular flexibility index (Phi) is 8.44. The van der Waals surface area contributed by atoms with Crippen molar-refractivity contribution in [1.82, 2.24) is 30.0 Å². The number of aromatic nitrogens is 4. The van der Waals surface area contributed by atoms with E-state index in [0.717, 1.165) is 78.2 Å². The highest BCUT2D eigenvalue weighted by Gasteiger charge is 2.41. The quantitative estimate of drug-likeness (QED) is 0.405. The minimum absolute atomic E-state index is 0.0962. The summed E-state index contributed by atoms with van der Waals surface area (Å²) in [4.78, 5) is 42.5. The second kappa shape index (κ2) is 12.4. The predicted molar refractivity (Wildman–Crippen MR) is 167 cm³/mol. The van der Waals surface area contributed by atoms with Gasteiger partial charge in [-0.25, -0.2) is 4.98 Å². The molecule has 3 aromatic rings. The third-order valence-electron chi connectivity index (χ3n) is 8.75. The average Bonchev–Trinajstić information content (AvgIpc) is 3.72. The van der Waals surface area contributed by atoms with Crippen LogP contribution in [0, 0.1) is 0 Å². The van der Waals surface area contributed by atoms with Crippen molar-refractivity contribution >= 4 is 46.3 Å². The molecule has 228 valence electrons. The smallest absolute Gasteiger partial charge is 0.249 e. The van der Waals surface area contributed by atoms with E-state index >= 15 is 0 Å². The number of methoxy groups -OCH3 is 1. The number of likely N-dealkylation sites (N-methyl/N-ethyl adjacent to an activating group) is 1. The summed E-state index contributed by atoms with van der Waals surface area (Å²) in [5.74, 6) is 2.12. The number of carbonyl (C=O) groups excluding carboxylic acids is 2. The molecule has 1 N–H and O–H groups in total. The van der Waals surface area contributed by atoms with Crippen LogP contribution in [0.2, 0.25) is 0 Å². The monoisotopic (exact) mass is 605 g/mol. The van der Waals surface area contributed by atoms with E-state index < -0.39 is 0 Å². The number of carbonyl (C=O) groups is 2. The molecule has 1 aliphatic carbocycles. The number of anilines is 4. The Morgan fingerprint density at radius 3 is 2.60 bits per heavy atom. The van der Waals surface area contributed by atoms with Gasteiger partial charge in [-0.2, -0.15) is 4.98 Å². The molecule has 0 bridgehead atoms. The largest absolute Gasteiger partial charge is 0.495 e. The second-order valence-electron chi connectivity index (χ2n) is 11.4. The number of nitrogens with one attached hydrogen (secondary N) is 1. The average molecular weight is 606 g/mol. The molecule has 13 heteroatoms. The van der Waals surface area contributed by atoms with Crippen LogP contribution in [0.4, 0.5) is 23.1 Å². The van der Waals surface area contributed by atoms with E-state index in [4.69, 9.17) is 9.72 Å². The molecule has 12 nitrogen and oxygen atoms in total. The molecule has 1 aromatic carbocycles. The van der Waals surface area contributed by atoms with Gasteiger partial charge < -0.3 is 24.8 Å². The molecule has 1 saturated heterocycles. The van der Waals surface area contributed by atoms with Gasteiger partial charge in [0.1, 0.15) is 27.5 Å². The van der Waals surface area contributed by atoms with Gasteiger partial charge in [-0.1, -0.05) is 31.1 Å².